The van der Waals surface area contributed by atoms with Gasteiger partial charge in [-0.3, -0.25) is 14.2 Å². The lowest BCUT2D eigenvalue weighted by Crippen LogP contribution is -2.24. The first-order chi connectivity index (χ1) is 14.6. The van der Waals surface area contributed by atoms with Gasteiger partial charge in [0.1, 0.15) is 0 Å². The van der Waals surface area contributed by atoms with Crippen molar-refractivity contribution in [3.8, 4) is 0 Å². The molecule has 0 saturated carbocycles. The van der Waals surface area contributed by atoms with E-state index in [2.05, 4.69) is 11.1 Å². The number of hydrogen-bond acceptors (Lipinski definition) is 5. The lowest BCUT2D eigenvalue weighted by atomic mass is 10.0. The molecule has 0 radical (unpaired) electrons. The van der Waals surface area contributed by atoms with E-state index in [4.69, 9.17) is 16.3 Å². The van der Waals surface area contributed by atoms with Gasteiger partial charge < -0.3 is 4.74 Å². The lowest BCUT2D eigenvalue weighted by molar-refractivity contribution is 0.102. The van der Waals surface area contributed by atoms with E-state index < -0.39 is 0 Å². The van der Waals surface area contributed by atoms with E-state index >= 15 is 0 Å². The summed E-state index contributed by atoms with van der Waals surface area (Å²) in [5.74, 6) is 0.264. The molecule has 0 N–H and O–H groups in total. The van der Waals surface area contributed by atoms with Gasteiger partial charge in [0, 0.05) is 30.8 Å². The molecule has 0 atom stereocenters. The van der Waals surface area contributed by atoms with E-state index in [1.165, 1.54) is 22.9 Å². The standard InChI is InChI=1S/C23H23ClN2O3S/c1-29-11-3-10-26-22(28)19-9-8-18(24)13-20(19)25-23(26)30-14-21(27)17-7-6-15-4-2-5-16(15)12-17/h6-9,12-13H,2-5,10-11,14H2,1H3. The third-order valence-electron chi connectivity index (χ3n) is 5.37. The van der Waals surface area contributed by atoms with Crippen LogP contribution in [0, 0.1) is 0 Å². The predicted octanol–water partition coefficient (Wildman–Crippen LogP) is 4.55. The average Bonchev–Trinajstić information content (AvgIpc) is 3.21. The Morgan fingerprint density at radius 2 is 2.03 bits per heavy atom. The lowest BCUT2D eigenvalue weighted by Gasteiger charge is -2.13. The molecule has 7 heteroatoms. The van der Waals surface area contributed by atoms with Crippen molar-refractivity contribution in [2.75, 3.05) is 19.5 Å². The summed E-state index contributed by atoms with van der Waals surface area (Å²) >= 11 is 7.39. The summed E-state index contributed by atoms with van der Waals surface area (Å²) in [6.07, 6.45) is 3.97. The van der Waals surface area contributed by atoms with Crippen LogP contribution in [0.4, 0.5) is 0 Å². The Morgan fingerprint density at radius 1 is 1.20 bits per heavy atom. The molecule has 1 aromatic heterocycles. The van der Waals surface area contributed by atoms with E-state index in [1.54, 1.807) is 29.9 Å². The van der Waals surface area contributed by atoms with Gasteiger partial charge in [0.15, 0.2) is 10.9 Å². The topological polar surface area (TPSA) is 61.2 Å². The monoisotopic (exact) mass is 442 g/mol. The van der Waals surface area contributed by atoms with Crippen LogP contribution in [-0.4, -0.2) is 34.8 Å². The highest BCUT2D eigenvalue weighted by molar-refractivity contribution is 7.99. The molecular weight excluding hydrogens is 420 g/mol. The summed E-state index contributed by atoms with van der Waals surface area (Å²) in [7, 11) is 1.63. The Bertz CT molecular complexity index is 1160. The molecule has 156 valence electrons. The molecule has 0 amide bonds. The number of rotatable bonds is 8. The number of hydrogen-bond donors (Lipinski definition) is 0. The Morgan fingerprint density at radius 3 is 2.87 bits per heavy atom. The molecule has 3 aromatic rings. The molecular formula is C23H23ClN2O3S. The first kappa shape index (κ1) is 21.1. The maximum atomic E-state index is 13.0. The highest BCUT2D eigenvalue weighted by Gasteiger charge is 2.17. The molecule has 0 bridgehead atoms. The number of methoxy groups -OCH3 is 1. The van der Waals surface area contributed by atoms with Crippen LogP contribution in [0.15, 0.2) is 46.3 Å². The van der Waals surface area contributed by atoms with Crippen molar-refractivity contribution in [2.24, 2.45) is 0 Å². The Labute approximate surface area is 184 Å². The van der Waals surface area contributed by atoms with Gasteiger partial charge >= 0.3 is 0 Å². The number of halogens is 1. The Hall–Kier alpha value is -2.15. The van der Waals surface area contributed by atoms with Gasteiger partial charge in [-0.1, -0.05) is 35.5 Å². The first-order valence-corrected chi connectivity index (χ1v) is 11.4. The first-order valence-electron chi connectivity index (χ1n) is 10.0. The second-order valence-electron chi connectivity index (χ2n) is 7.41. The fourth-order valence-corrected chi connectivity index (χ4v) is 4.89. The average molecular weight is 443 g/mol. The smallest absolute Gasteiger partial charge is 0.262 e. The number of ketones is 1. The van der Waals surface area contributed by atoms with Gasteiger partial charge in [0.25, 0.3) is 5.56 Å². The fraction of sp³-hybridized carbons (Fsp3) is 0.348. The summed E-state index contributed by atoms with van der Waals surface area (Å²) in [4.78, 5) is 30.5. The summed E-state index contributed by atoms with van der Waals surface area (Å²) in [5, 5.41) is 1.57. The van der Waals surface area contributed by atoms with Crippen LogP contribution in [0.3, 0.4) is 0 Å². The van der Waals surface area contributed by atoms with Crippen LogP contribution in [0.1, 0.15) is 34.3 Å². The van der Waals surface area contributed by atoms with Crippen molar-refractivity contribution in [1.29, 1.82) is 0 Å². The SMILES string of the molecule is COCCCn1c(SCC(=O)c2ccc3c(c2)CCC3)nc2cc(Cl)ccc2c1=O. The van der Waals surface area contributed by atoms with Crippen molar-refractivity contribution in [3.63, 3.8) is 0 Å². The fourth-order valence-electron chi connectivity index (χ4n) is 3.81. The minimum atomic E-state index is -0.125. The summed E-state index contributed by atoms with van der Waals surface area (Å²) < 4.78 is 6.76. The zero-order chi connectivity index (χ0) is 21.1. The van der Waals surface area contributed by atoms with Gasteiger partial charge in [-0.15, -0.1) is 0 Å². The van der Waals surface area contributed by atoms with Gasteiger partial charge in [0.05, 0.1) is 16.7 Å². The maximum Gasteiger partial charge on any atom is 0.262 e. The van der Waals surface area contributed by atoms with E-state index in [0.29, 0.717) is 40.7 Å². The zero-order valence-corrected chi connectivity index (χ0v) is 18.4. The Balaban J connectivity index is 1.60. The maximum absolute atomic E-state index is 13.0. The number of nitrogens with zero attached hydrogens (tertiary/aromatic N) is 2. The zero-order valence-electron chi connectivity index (χ0n) is 16.8. The van der Waals surface area contributed by atoms with Crippen molar-refractivity contribution in [2.45, 2.75) is 37.4 Å². The molecule has 4 rings (SSSR count). The molecule has 1 aliphatic carbocycles. The number of aromatic nitrogens is 2. The molecule has 0 saturated heterocycles. The Kier molecular flexibility index (Phi) is 6.56. The number of Topliss-reactive ketones (excluding diaryl/α,β-unsaturated/α-hetero) is 1. The molecule has 1 aliphatic rings. The molecule has 0 unspecified atom stereocenters. The van der Waals surface area contributed by atoms with E-state index in [9.17, 15) is 9.59 Å². The molecule has 30 heavy (non-hydrogen) atoms. The number of aryl methyl sites for hydroxylation is 2. The van der Waals surface area contributed by atoms with Crippen molar-refractivity contribution in [3.05, 3.63) is 68.5 Å². The molecule has 5 nitrogen and oxygen atoms in total. The van der Waals surface area contributed by atoms with Crippen molar-refractivity contribution >= 4 is 40.0 Å². The third-order valence-corrected chi connectivity index (χ3v) is 6.58. The molecule has 1 heterocycles. The van der Waals surface area contributed by atoms with E-state index in [0.717, 1.165) is 24.8 Å². The molecule has 2 aromatic carbocycles. The third kappa shape index (κ3) is 4.46. The highest BCUT2D eigenvalue weighted by atomic mass is 35.5. The summed E-state index contributed by atoms with van der Waals surface area (Å²) in [5.41, 5.74) is 3.77. The highest BCUT2D eigenvalue weighted by Crippen LogP contribution is 2.25. The van der Waals surface area contributed by atoms with Gasteiger partial charge in [-0.2, -0.15) is 0 Å². The van der Waals surface area contributed by atoms with Crippen molar-refractivity contribution in [1.82, 2.24) is 9.55 Å². The number of fused-ring (bicyclic) bond motifs is 2. The van der Waals surface area contributed by atoms with Crippen LogP contribution >= 0.6 is 23.4 Å². The molecule has 0 spiro atoms. The predicted molar refractivity (Wildman–Crippen MR) is 121 cm³/mol. The largest absolute Gasteiger partial charge is 0.385 e. The van der Waals surface area contributed by atoms with Crippen LogP contribution in [0.2, 0.25) is 5.02 Å². The van der Waals surface area contributed by atoms with Gasteiger partial charge in [0.2, 0.25) is 0 Å². The molecule has 0 aliphatic heterocycles. The minimum absolute atomic E-state index is 0.0404. The minimum Gasteiger partial charge on any atom is -0.385 e. The summed E-state index contributed by atoms with van der Waals surface area (Å²) in [6.45, 7) is 1.02. The van der Waals surface area contributed by atoms with Gasteiger partial charge in [-0.05, 0) is 61.1 Å². The number of carbonyl (C=O) groups is 1. The van der Waals surface area contributed by atoms with Crippen LogP contribution in [-0.2, 0) is 24.1 Å². The summed E-state index contributed by atoms with van der Waals surface area (Å²) in [6, 6.07) is 11.1. The number of thioether (sulfide) groups is 1. The quantitative estimate of drug-likeness (QED) is 0.221. The number of benzene rings is 2. The second-order valence-corrected chi connectivity index (χ2v) is 8.79. The van der Waals surface area contributed by atoms with E-state index in [-0.39, 0.29) is 17.1 Å². The van der Waals surface area contributed by atoms with Crippen LogP contribution in [0.25, 0.3) is 10.9 Å². The van der Waals surface area contributed by atoms with Crippen LogP contribution < -0.4 is 5.56 Å². The number of carbonyl (C=O) groups excluding carboxylic acids is 1. The van der Waals surface area contributed by atoms with E-state index in [1.807, 2.05) is 12.1 Å². The van der Waals surface area contributed by atoms with Crippen molar-refractivity contribution < 1.29 is 9.53 Å². The second kappa shape index (κ2) is 9.33. The number of ether oxygens (including phenoxy) is 1. The normalized spacial score (nSPS) is 13.0. The van der Waals surface area contributed by atoms with Gasteiger partial charge in [-0.25, -0.2) is 4.98 Å². The van der Waals surface area contributed by atoms with Crippen LogP contribution in [0.5, 0.6) is 0 Å². The molecule has 0 fully saturated rings.